The summed E-state index contributed by atoms with van der Waals surface area (Å²) < 4.78 is 18.2. The molecule has 0 saturated heterocycles. The fourth-order valence-corrected chi connectivity index (χ4v) is 4.63. The Bertz CT molecular complexity index is 1690. The van der Waals surface area contributed by atoms with E-state index in [1.165, 1.54) is 11.6 Å². The topological polar surface area (TPSA) is 84.7 Å². The molecule has 0 unspecified atom stereocenters. The second kappa shape index (κ2) is 8.77. The number of halogens is 1. The number of imidazole rings is 2. The van der Waals surface area contributed by atoms with Crippen LogP contribution in [0.4, 0.5) is 0 Å². The third-order valence-electron chi connectivity index (χ3n) is 6.27. The molecule has 3 aromatic heterocycles. The van der Waals surface area contributed by atoms with Crippen LogP contribution >= 0.6 is 15.9 Å². The zero-order valence-corrected chi connectivity index (χ0v) is 21.4. The van der Waals surface area contributed by atoms with Gasteiger partial charge >= 0.3 is 5.69 Å². The monoisotopic (exact) mass is 537 g/mol. The first kappa shape index (κ1) is 23.0. The molecule has 9 nitrogen and oxygen atoms in total. The van der Waals surface area contributed by atoms with Crippen LogP contribution in [0.2, 0.25) is 0 Å². The first-order valence-electron chi connectivity index (χ1n) is 11.0. The smallest absolute Gasteiger partial charge is 0.332 e. The second-order valence-electron chi connectivity index (χ2n) is 8.27. The van der Waals surface area contributed by atoms with E-state index in [1.54, 1.807) is 25.7 Å². The van der Waals surface area contributed by atoms with Crippen LogP contribution in [0.25, 0.3) is 28.2 Å². The highest BCUT2D eigenvalue weighted by atomic mass is 79.9. The molecule has 0 N–H and O–H groups in total. The molecule has 0 aliphatic carbocycles. The summed E-state index contributed by atoms with van der Waals surface area (Å²) in [6, 6.07) is 13.8. The van der Waals surface area contributed by atoms with E-state index < -0.39 is 5.69 Å². The van der Waals surface area contributed by atoms with E-state index in [-0.39, 0.29) is 5.56 Å². The number of benzene rings is 2. The van der Waals surface area contributed by atoms with Gasteiger partial charge in [-0.15, -0.1) is 0 Å². The fraction of sp³-hybridized carbons (Fsp3) is 0.240. The standard InChI is InChI=1S/C25H24BrN5O4/c1-28-22-21(23(32)29(2)25(28)33)31-14-18(16-6-8-17(26)9-7-16)30(24(31)27-22)12-11-15-5-10-19(34-3)20(13-15)35-4/h5-10,13-14H,11-12H2,1-4H3. The molecule has 2 aromatic carbocycles. The Balaban J connectivity index is 1.69. The van der Waals surface area contributed by atoms with Gasteiger partial charge in [0, 0.05) is 31.3 Å². The fourth-order valence-electron chi connectivity index (χ4n) is 4.36. The van der Waals surface area contributed by atoms with Crippen molar-refractivity contribution in [3.8, 4) is 22.8 Å². The van der Waals surface area contributed by atoms with Gasteiger partial charge in [-0.1, -0.05) is 34.1 Å². The van der Waals surface area contributed by atoms with Crippen molar-refractivity contribution in [3.63, 3.8) is 0 Å². The van der Waals surface area contributed by atoms with Crippen LogP contribution in [-0.2, 0) is 27.1 Å². The van der Waals surface area contributed by atoms with Crippen LogP contribution in [0.5, 0.6) is 11.5 Å². The molecule has 180 valence electrons. The highest BCUT2D eigenvalue weighted by Crippen LogP contribution is 2.30. The molecule has 10 heteroatoms. The minimum atomic E-state index is -0.409. The van der Waals surface area contributed by atoms with Crippen molar-refractivity contribution < 1.29 is 9.47 Å². The van der Waals surface area contributed by atoms with Gasteiger partial charge in [0.2, 0.25) is 5.78 Å². The lowest BCUT2D eigenvalue weighted by Crippen LogP contribution is -2.37. The minimum absolute atomic E-state index is 0.357. The predicted molar refractivity (Wildman–Crippen MR) is 138 cm³/mol. The van der Waals surface area contributed by atoms with Gasteiger partial charge in [-0.25, -0.2) is 4.79 Å². The van der Waals surface area contributed by atoms with E-state index >= 15 is 0 Å². The molecule has 0 radical (unpaired) electrons. The summed E-state index contributed by atoms with van der Waals surface area (Å²) in [5, 5.41) is 0. The molecule has 0 bridgehead atoms. The Hall–Kier alpha value is -3.79. The zero-order chi connectivity index (χ0) is 24.9. The summed E-state index contributed by atoms with van der Waals surface area (Å²) in [5.41, 5.74) is 2.90. The molecule has 0 atom stereocenters. The van der Waals surface area contributed by atoms with E-state index in [0.29, 0.717) is 41.4 Å². The lowest BCUT2D eigenvalue weighted by Gasteiger charge is -2.12. The van der Waals surface area contributed by atoms with Crippen molar-refractivity contribution in [1.29, 1.82) is 0 Å². The van der Waals surface area contributed by atoms with E-state index in [2.05, 4.69) is 20.5 Å². The second-order valence-corrected chi connectivity index (χ2v) is 9.19. The van der Waals surface area contributed by atoms with Gasteiger partial charge in [0.05, 0.1) is 19.9 Å². The number of nitrogens with zero attached hydrogens (tertiary/aromatic N) is 5. The first-order chi connectivity index (χ1) is 16.8. The number of hydrogen-bond acceptors (Lipinski definition) is 5. The minimum Gasteiger partial charge on any atom is -0.493 e. The van der Waals surface area contributed by atoms with Crippen molar-refractivity contribution in [2.45, 2.75) is 13.0 Å². The van der Waals surface area contributed by atoms with Crippen molar-refractivity contribution in [1.82, 2.24) is 23.1 Å². The molecule has 3 heterocycles. The van der Waals surface area contributed by atoms with Crippen LogP contribution in [-0.4, -0.2) is 37.3 Å². The van der Waals surface area contributed by atoms with Crippen molar-refractivity contribution in [3.05, 3.63) is 79.5 Å². The van der Waals surface area contributed by atoms with E-state index in [0.717, 1.165) is 25.9 Å². The Labute approximate surface area is 208 Å². The van der Waals surface area contributed by atoms with E-state index in [4.69, 9.17) is 14.5 Å². The number of aromatic nitrogens is 5. The predicted octanol–water partition coefficient (Wildman–Crippen LogP) is 3.38. The number of ether oxygens (including phenoxy) is 2. The molecule has 0 amide bonds. The Kier molecular flexibility index (Phi) is 5.76. The highest BCUT2D eigenvalue weighted by Gasteiger charge is 2.21. The van der Waals surface area contributed by atoms with E-state index in [9.17, 15) is 9.59 Å². The van der Waals surface area contributed by atoms with Crippen LogP contribution in [0.15, 0.2) is 62.7 Å². The molecule has 0 spiro atoms. The third kappa shape index (κ3) is 3.74. The maximum Gasteiger partial charge on any atom is 0.332 e. The van der Waals surface area contributed by atoms with Crippen molar-refractivity contribution in [2.24, 2.45) is 14.1 Å². The van der Waals surface area contributed by atoms with Crippen LogP contribution in [0.1, 0.15) is 5.56 Å². The Morgan fingerprint density at radius 3 is 2.34 bits per heavy atom. The summed E-state index contributed by atoms with van der Waals surface area (Å²) >= 11 is 3.49. The molecule has 35 heavy (non-hydrogen) atoms. The summed E-state index contributed by atoms with van der Waals surface area (Å²) in [4.78, 5) is 30.2. The summed E-state index contributed by atoms with van der Waals surface area (Å²) in [5.74, 6) is 1.93. The molecule has 5 rings (SSSR count). The quantitative estimate of drug-likeness (QED) is 0.331. The maximum absolute atomic E-state index is 13.0. The van der Waals surface area contributed by atoms with Crippen LogP contribution in [0.3, 0.4) is 0 Å². The molecular formula is C25H24BrN5O4. The number of rotatable bonds is 6. The number of fused-ring (bicyclic) bond motifs is 3. The number of hydrogen-bond donors (Lipinski definition) is 0. The molecule has 0 fully saturated rings. The Morgan fingerprint density at radius 2 is 1.66 bits per heavy atom. The van der Waals surface area contributed by atoms with Gasteiger partial charge in [0.25, 0.3) is 5.56 Å². The van der Waals surface area contributed by atoms with Gasteiger partial charge in [-0.05, 0) is 41.8 Å². The molecular weight excluding hydrogens is 514 g/mol. The average molecular weight is 538 g/mol. The van der Waals surface area contributed by atoms with Crippen molar-refractivity contribution >= 4 is 32.9 Å². The van der Waals surface area contributed by atoms with Gasteiger partial charge in [0.1, 0.15) is 0 Å². The molecule has 0 aliphatic heterocycles. The van der Waals surface area contributed by atoms with Crippen LogP contribution < -0.4 is 20.7 Å². The zero-order valence-electron chi connectivity index (χ0n) is 19.8. The van der Waals surface area contributed by atoms with Gasteiger partial charge < -0.3 is 14.0 Å². The lowest BCUT2D eigenvalue weighted by molar-refractivity contribution is 0.354. The molecule has 0 aliphatic rings. The van der Waals surface area contributed by atoms with Gasteiger partial charge in [0.15, 0.2) is 22.7 Å². The van der Waals surface area contributed by atoms with Crippen molar-refractivity contribution in [2.75, 3.05) is 14.2 Å². The molecule has 0 saturated carbocycles. The normalized spacial score (nSPS) is 11.5. The highest BCUT2D eigenvalue weighted by molar-refractivity contribution is 9.10. The first-order valence-corrected chi connectivity index (χ1v) is 11.8. The maximum atomic E-state index is 13.0. The van der Waals surface area contributed by atoms with Gasteiger partial charge in [-0.3, -0.25) is 18.3 Å². The summed E-state index contributed by atoms with van der Waals surface area (Å²) in [6.45, 7) is 0.592. The SMILES string of the molecule is COc1ccc(CCn2c(-c3ccc(Br)cc3)cn3c4c(=O)n(C)c(=O)n(C)c4nc23)cc1OC. The largest absolute Gasteiger partial charge is 0.493 e. The average Bonchev–Trinajstić information content (AvgIpc) is 3.41. The number of aryl methyl sites for hydroxylation is 3. The van der Waals surface area contributed by atoms with Gasteiger partial charge in [-0.2, -0.15) is 4.98 Å². The summed E-state index contributed by atoms with van der Waals surface area (Å²) in [6.07, 6.45) is 2.60. The Morgan fingerprint density at radius 1 is 0.943 bits per heavy atom. The number of methoxy groups -OCH3 is 2. The third-order valence-corrected chi connectivity index (χ3v) is 6.80. The van der Waals surface area contributed by atoms with Crippen LogP contribution in [0, 0.1) is 0 Å². The van der Waals surface area contributed by atoms with E-state index in [1.807, 2.05) is 48.7 Å². The summed E-state index contributed by atoms with van der Waals surface area (Å²) in [7, 11) is 6.33. The lowest BCUT2D eigenvalue weighted by atomic mass is 10.1. The molecule has 5 aromatic rings.